The molecule has 0 atom stereocenters. The molecule has 1 rings (SSSR count). The van der Waals surface area contributed by atoms with Crippen molar-refractivity contribution in [2.75, 3.05) is 0 Å². The molecule has 6 heavy (non-hydrogen) atoms. The SMILES string of the molecule is [Zr].[c-]1ccc[nH]1. The number of aromatic nitrogens is 1. The van der Waals surface area contributed by atoms with E-state index in [1.165, 1.54) is 0 Å². The molecule has 0 aromatic carbocycles. The number of hydrogen-bond donors (Lipinski definition) is 1. The summed E-state index contributed by atoms with van der Waals surface area (Å²) in [5, 5.41) is 0. The fourth-order valence-electron chi connectivity index (χ4n) is 0.241. The molecule has 1 aromatic heterocycles. The van der Waals surface area contributed by atoms with Crippen molar-refractivity contribution in [1.82, 2.24) is 4.98 Å². The second-order valence-corrected chi connectivity index (χ2v) is 0.814. The zero-order valence-corrected chi connectivity index (χ0v) is 5.69. The monoisotopic (exact) mass is 156 g/mol. The smallest absolute Gasteiger partial charge is 0 e. The number of H-pyrrole nitrogens is 1. The summed E-state index contributed by atoms with van der Waals surface area (Å²) < 4.78 is 0. The Morgan fingerprint density at radius 1 is 1.50 bits per heavy atom. The summed E-state index contributed by atoms with van der Waals surface area (Å²) in [6.07, 6.45) is 4.56. The number of aromatic amines is 1. The third-order valence-electron chi connectivity index (χ3n) is 0.442. The van der Waals surface area contributed by atoms with Gasteiger partial charge in [-0.1, -0.05) is 0 Å². The normalized spacial score (nSPS) is 6.67. The molecule has 1 nitrogen and oxygen atoms in total. The van der Waals surface area contributed by atoms with Crippen LogP contribution in [0.25, 0.3) is 0 Å². The molecule has 0 aliphatic carbocycles. The van der Waals surface area contributed by atoms with Gasteiger partial charge in [-0.2, -0.15) is 18.3 Å². The van der Waals surface area contributed by atoms with Crippen LogP contribution in [0.2, 0.25) is 0 Å². The molecule has 30 valence electrons. The van der Waals surface area contributed by atoms with E-state index in [0.717, 1.165) is 0 Å². The largest absolute Gasteiger partial charge is 0.484 e. The molecule has 0 aliphatic heterocycles. The minimum absolute atomic E-state index is 0. The van der Waals surface area contributed by atoms with E-state index in [2.05, 4.69) is 11.2 Å². The van der Waals surface area contributed by atoms with E-state index in [-0.39, 0.29) is 26.2 Å². The first kappa shape index (κ1) is 6.16. The molecule has 0 aliphatic rings. The molecule has 0 bridgehead atoms. The predicted molar refractivity (Wildman–Crippen MR) is 19.6 cm³/mol. The molecule has 0 spiro atoms. The van der Waals surface area contributed by atoms with Gasteiger partial charge >= 0.3 is 0 Å². The van der Waals surface area contributed by atoms with Gasteiger partial charge in [-0.3, -0.25) is 0 Å². The molecule has 0 amide bonds. The van der Waals surface area contributed by atoms with E-state index in [1.54, 1.807) is 0 Å². The van der Waals surface area contributed by atoms with Crippen LogP contribution in [-0.4, -0.2) is 4.98 Å². The molecule has 0 saturated carbocycles. The Bertz CT molecular complexity index is 64.0. The first-order chi connectivity index (χ1) is 2.50. The second-order valence-electron chi connectivity index (χ2n) is 0.814. The fourth-order valence-corrected chi connectivity index (χ4v) is 0.241. The van der Waals surface area contributed by atoms with Crippen LogP contribution in [0.3, 0.4) is 0 Å². The van der Waals surface area contributed by atoms with E-state index < -0.39 is 0 Å². The Labute approximate surface area is 55.9 Å². The van der Waals surface area contributed by atoms with Gasteiger partial charge < -0.3 is 4.98 Å². The second kappa shape index (κ2) is 3.36. The van der Waals surface area contributed by atoms with Crippen LogP contribution < -0.4 is 0 Å². The minimum atomic E-state index is 0. The fraction of sp³-hybridized carbons (Fsp3) is 0. The van der Waals surface area contributed by atoms with Crippen LogP contribution in [0.4, 0.5) is 0 Å². The van der Waals surface area contributed by atoms with Gasteiger partial charge in [0.2, 0.25) is 0 Å². The molecular formula is C4H4NZr-. The van der Waals surface area contributed by atoms with Crippen molar-refractivity contribution < 1.29 is 26.2 Å². The molecular weight excluding hydrogens is 153 g/mol. The first-order valence-corrected chi connectivity index (χ1v) is 1.49. The Hall–Kier alpha value is 0.163. The Morgan fingerprint density at radius 3 is 2.50 bits per heavy atom. The molecule has 2 heteroatoms. The summed E-state index contributed by atoms with van der Waals surface area (Å²) in [5.74, 6) is 0. The van der Waals surface area contributed by atoms with Gasteiger partial charge in [0.25, 0.3) is 0 Å². The maximum absolute atomic E-state index is 2.74. The van der Waals surface area contributed by atoms with Crippen LogP contribution in [0.15, 0.2) is 18.3 Å². The molecule has 0 unspecified atom stereocenters. The maximum Gasteiger partial charge on any atom is 0 e. The van der Waals surface area contributed by atoms with Crippen molar-refractivity contribution >= 4 is 0 Å². The van der Waals surface area contributed by atoms with Crippen LogP contribution in [0.1, 0.15) is 0 Å². The van der Waals surface area contributed by atoms with Crippen molar-refractivity contribution in [3.8, 4) is 0 Å². The van der Waals surface area contributed by atoms with Gasteiger partial charge in [-0.15, -0.1) is 6.20 Å². The zero-order valence-electron chi connectivity index (χ0n) is 3.23. The first-order valence-electron chi connectivity index (χ1n) is 1.49. The molecule has 1 aromatic rings. The number of nitrogens with one attached hydrogen (secondary N) is 1. The predicted octanol–water partition coefficient (Wildman–Crippen LogP) is 0.812. The summed E-state index contributed by atoms with van der Waals surface area (Å²) in [5.41, 5.74) is 0. The van der Waals surface area contributed by atoms with E-state index in [0.29, 0.717) is 0 Å². The van der Waals surface area contributed by atoms with Gasteiger partial charge in [-0.05, 0) is 0 Å². The zero-order chi connectivity index (χ0) is 3.54. The summed E-state index contributed by atoms with van der Waals surface area (Å²) >= 11 is 0. The van der Waals surface area contributed by atoms with Crippen molar-refractivity contribution in [3.05, 3.63) is 24.5 Å². The third-order valence-corrected chi connectivity index (χ3v) is 0.442. The standard InChI is InChI=1S/C4H4N.Zr/c1-2-4-5-3-1;/h1-3,5H;/q-1;. The summed E-state index contributed by atoms with van der Waals surface area (Å²) in [4.78, 5) is 2.74. The van der Waals surface area contributed by atoms with E-state index >= 15 is 0 Å². The van der Waals surface area contributed by atoms with Crippen molar-refractivity contribution in [3.63, 3.8) is 0 Å². The molecule has 0 saturated heterocycles. The minimum Gasteiger partial charge on any atom is -0.484 e. The van der Waals surface area contributed by atoms with Crippen molar-refractivity contribution in [1.29, 1.82) is 0 Å². The van der Waals surface area contributed by atoms with Gasteiger partial charge in [0.05, 0.1) is 0 Å². The Kier molecular flexibility index (Phi) is 3.45. The van der Waals surface area contributed by atoms with Crippen LogP contribution >= 0.6 is 0 Å². The van der Waals surface area contributed by atoms with Gasteiger partial charge in [0.1, 0.15) is 0 Å². The van der Waals surface area contributed by atoms with Crippen molar-refractivity contribution in [2.24, 2.45) is 0 Å². The van der Waals surface area contributed by atoms with Gasteiger partial charge in [-0.25, -0.2) is 0 Å². The molecule has 1 heterocycles. The molecule has 1 N–H and O–H groups in total. The summed E-state index contributed by atoms with van der Waals surface area (Å²) in [6.45, 7) is 0. The van der Waals surface area contributed by atoms with Gasteiger partial charge in [0.15, 0.2) is 0 Å². The Morgan fingerprint density at radius 2 is 2.33 bits per heavy atom. The van der Waals surface area contributed by atoms with Gasteiger partial charge in [0, 0.05) is 26.2 Å². The number of rotatable bonds is 0. The van der Waals surface area contributed by atoms with E-state index in [9.17, 15) is 0 Å². The van der Waals surface area contributed by atoms with E-state index in [1.807, 2.05) is 18.3 Å². The van der Waals surface area contributed by atoms with E-state index in [4.69, 9.17) is 0 Å². The summed E-state index contributed by atoms with van der Waals surface area (Å²) in [7, 11) is 0. The van der Waals surface area contributed by atoms with Crippen LogP contribution in [0.5, 0.6) is 0 Å². The average Bonchev–Trinajstić information content (AvgIpc) is 1.76. The molecule has 0 radical (unpaired) electrons. The average molecular weight is 157 g/mol. The topological polar surface area (TPSA) is 15.8 Å². The summed E-state index contributed by atoms with van der Waals surface area (Å²) in [6, 6.07) is 3.71. The van der Waals surface area contributed by atoms with Crippen LogP contribution in [-0.2, 0) is 26.2 Å². The Balaban J connectivity index is 0.000000250. The van der Waals surface area contributed by atoms with Crippen molar-refractivity contribution in [2.45, 2.75) is 0 Å². The number of hydrogen-bond acceptors (Lipinski definition) is 0. The maximum atomic E-state index is 2.74. The van der Waals surface area contributed by atoms with Crippen LogP contribution in [0, 0.1) is 6.20 Å². The third kappa shape index (κ3) is 1.56. The quantitative estimate of drug-likeness (QED) is 0.537. The molecule has 0 fully saturated rings.